The molecule has 1 aliphatic heterocycles. The predicted octanol–water partition coefficient (Wildman–Crippen LogP) is 2.07. The molecule has 0 saturated carbocycles. The average Bonchev–Trinajstić information content (AvgIpc) is 2.89. The number of rotatable bonds is 1. The molecule has 4 nitrogen and oxygen atoms in total. The van der Waals surface area contributed by atoms with Crippen LogP contribution in [0.25, 0.3) is 11.0 Å². The number of benzene rings is 1. The Bertz CT molecular complexity index is 617. The Morgan fingerprint density at radius 2 is 1.88 bits per heavy atom. The van der Waals surface area contributed by atoms with Crippen LogP contribution in [0.1, 0.15) is 24.0 Å². The summed E-state index contributed by atoms with van der Waals surface area (Å²) < 4.78 is 0. The molecule has 1 aromatic carbocycles. The second-order valence-electron chi connectivity index (χ2n) is 4.86. The Kier molecular flexibility index (Phi) is 2.24. The number of aromatic amines is 2. The molecule has 17 heavy (non-hydrogen) atoms. The number of imidazole rings is 1. The van der Waals surface area contributed by atoms with Gasteiger partial charge in [-0.25, -0.2) is 4.79 Å². The first-order chi connectivity index (χ1) is 8.16. The summed E-state index contributed by atoms with van der Waals surface area (Å²) in [6.45, 7) is 6.41. The monoisotopic (exact) mass is 231 g/mol. The van der Waals surface area contributed by atoms with E-state index in [4.69, 9.17) is 0 Å². The minimum atomic E-state index is -0.120. The average molecular weight is 231 g/mol. The van der Waals surface area contributed by atoms with Gasteiger partial charge in [0.1, 0.15) is 0 Å². The second kappa shape index (κ2) is 3.65. The summed E-state index contributed by atoms with van der Waals surface area (Å²) >= 11 is 0. The van der Waals surface area contributed by atoms with Gasteiger partial charge in [-0.1, -0.05) is 0 Å². The molecule has 1 aliphatic rings. The molecule has 1 fully saturated rings. The maximum atomic E-state index is 11.4. The van der Waals surface area contributed by atoms with E-state index in [1.807, 2.05) is 6.07 Å². The van der Waals surface area contributed by atoms with Crippen molar-refractivity contribution in [2.24, 2.45) is 0 Å². The van der Waals surface area contributed by atoms with E-state index in [1.54, 1.807) is 0 Å². The molecular formula is C13H17N3O. The second-order valence-corrected chi connectivity index (χ2v) is 4.86. The van der Waals surface area contributed by atoms with Gasteiger partial charge in [-0.05, 0) is 43.9 Å². The minimum absolute atomic E-state index is 0.120. The number of aromatic nitrogens is 2. The molecule has 0 radical (unpaired) electrons. The Labute approximate surface area is 99.6 Å². The van der Waals surface area contributed by atoms with Gasteiger partial charge in [0.25, 0.3) is 0 Å². The van der Waals surface area contributed by atoms with Crippen LogP contribution in [-0.2, 0) is 0 Å². The zero-order chi connectivity index (χ0) is 12.0. The SMILES string of the molecule is Cc1cc2[nH]c(=O)[nH]c2c(N2CCCC2)c1C. The number of hydrogen-bond acceptors (Lipinski definition) is 2. The number of hydrogen-bond donors (Lipinski definition) is 2. The van der Waals surface area contributed by atoms with Gasteiger partial charge in [0.05, 0.1) is 16.7 Å². The van der Waals surface area contributed by atoms with E-state index in [-0.39, 0.29) is 5.69 Å². The lowest BCUT2D eigenvalue weighted by molar-refractivity contribution is 0.949. The molecule has 3 rings (SSSR count). The normalized spacial score (nSPS) is 16.0. The molecule has 0 bridgehead atoms. The van der Waals surface area contributed by atoms with Crippen molar-refractivity contribution in [3.05, 3.63) is 27.7 Å². The lowest BCUT2D eigenvalue weighted by Crippen LogP contribution is -2.19. The highest BCUT2D eigenvalue weighted by Gasteiger charge is 2.19. The smallest absolute Gasteiger partial charge is 0.323 e. The number of H-pyrrole nitrogens is 2. The lowest BCUT2D eigenvalue weighted by Gasteiger charge is -2.22. The summed E-state index contributed by atoms with van der Waals surface area (Å²) in [7, 11) is 0. The van der Waals surface area contributed by atoms with Crippen LogP contribution in [0.5, 0.6) is 0 Å². The Hall–Kier alpha value is -1.71. The molecule has 0 spiro atoms. The number of fused-ring (bicyclic) bond motifs is 1. The van der Waals surface area contributed by atoms with Crippen LogP contribution in [0, 0.1) is 13.8 Å². The van der Waals surface area contributed by atoms with E-state index in [0.717, 1.165) is 24.1 Å². The number of anilines is 1. The molecule has 0 amide bonds. The number of nitrogens with one attached hydrogen (secondary N) is 2. The van der Waals surface area contributed by atoms with E-state index < -0.39 is 0 Å². The van der Waals surface area contributed by atoms with Crippen molar-refractivity contribution < 1.29 is 0 Å². The van der Waals surface area contributed by atoms with Crippen LogP contribution in [-0.4, -0.2) is 23.1 Å². The molecule has 0 unspecified atom stereocenters. The molecule has 1 aromatic heterocycles. The predicted molar refractivity (Wildman–Crippen MR) is 69.8 cm³/mol. The van der Waals surface area contributed by atoms with Crippen LogP contribution in [0.2, 0.25) is 0 Å². The fourth-order valence-corrected chi connectivity index (χ4v) is 2.73. The Balaban J connectivity index is 2.32. The van der Waals surface area contributed by atoms with E-state index in [9.17, 15) is 4.79 Å². The van der Waals surface area contributed by atoms with Crippen molar-refractivity contribution in [2.75, 3.05) is 18.0 Å². The summed E-state index contributed by atoms with van der Waals surface area (Å²) in [6, 6.07) is 2.04. The zero-order valence-electron chi connectivity index (χ0n) is 10.3. The van der Waals surface area contributed by atoms with E-state index in [1.165, 1.54) is 29.7 Å². The maximum Gasteiger partial charge on any atom is 0.323 e. The van der Waals surface area contributed by atoms with Crippen molar-refractivity contribution in [3.63, 3.8) is 0 Å². The minimum Gasteiger partial charge on any atom is -0.370 e. The molecule has 4 heteroatoms. The first kappa shape index (κ1) is 10.4. The maximum absolute atomic E-state index is 11.4. The zero-order valence-corrected chi connectivity index (χ0v) is 10.3. The van der Waals surface area contributed by atoms with Gasteiger partial charge in [0, 0.05) is 13.1 Å². The van der Waals surface area contributed by atoms with Crippen LogP contribution in [0.3, 0.4) is 0 Å². The fraction of sp³-hybridized carbons (Fsp3) is 0.462. The largest absolute Gasteiger partial charge is 0.370 e. The van der Waals surface area contributed by atoms with Gasteiger partial charge in [-0.3, -0.25) is 0 Å². The quantitative estimate of drug-likeness (QED) is 0.789. The van der Waals surface area contributed by atoms with E-state index >= 15 is 0 Å². The summed E-state index contributed by atoms with van der Waals surface area (Å²) in [5, 5.41) is 0. The summed E-state index contributed by atoms with van der Waals surface area (Å²) in [5.74, 6) is 0. The topological polar surface area (TPSA) is 51.9 Å². The Morgan fingerprint density at radius 3 is 2.59 bits per heavy atom. The molecule has 2 N–H and O–H groups in total. The van der Waals surface area contributed by atoms with Crippen molar-refractivity contribution >= 4 is 16.7 Å². The van der Waals surface area contributed by atoms with Crippen LogP contribution in [0.4, 0.5) is 5.69 Å². The van der Waals surface area contributed by atoms with Gasteiger partial charge in [0.15, 0.2) is 0 Å². The molecule has 0 aliphatic carbocycles. The molecular weight excluding hydrogens is 214 g/mol. The molecule has 2 aromatic rings. The fourth-order valence-electron chi connectivity index (χ4n) is 2.73. The Morgan fingerprint density at radius 1 is 1.18 bits per heavy atom. The van der Waals surface area contributed by atoms with Gasteiger partial charge in [0.2, 0.25) is 0 Å². The first-order valence-corrected chi connectivity index (χ1v) is 6.14. The van der Waals surface area contributed by atoms with Gasteiger partial charge >= 0.3 is 5.69 Å². The third-order valence-corrected chi connectivity index (χ3v) is 3.72. The molecule has 0 atom stereocenters. The van der Waals surface area contributed by atoms with Crippen LogP contribution in [0.15, 0.2) is 10.9 Å². The van der Waals surface area contributed by atoms with Gasteiger partial charge in [-0.15, -0.1) is 0 Å². The highest BCUT2D eigenvalue weighted by atomic mass is 16.1. The lowest BCUT2D eigenvalue weighted by atomic mass is 10.1. The van der Waals surface area contributed by atoms with Gasteiger partial charge < -0.3 is 14.9 Å². The molecule has 90 valence electrons. The van der Waals surface area contributed by atoms with Gasteiger partial charge in [-0.2, -0.15) is 0 Å². The van der Waals surface area contributed by atoms with Crippen molar-refractivity contribution in [3.8, 4) is 0 Å². The molecule has 1 saturated heterocycles. The van der Waals surface area contributed by atoms with Crippen molar-refractivity contribution in [1.82, 2.24) is 9.97 Å². The summed E-state index contributed by atoms with van der Waals surface area (Å²) in [6.07, 6.45) is 2.48. The number of nitrogens with zero attached hydrogens (tertiary/aromatic N) is 1. The summed E-state index contributed by atoms with van der Waals surface area (Å²) in [4.78, 5) is 19.6. The third-order valence-electron chi connectivity index (χ3n) is 3.72. The molecule has 2 heterocycles. The number of aryl methyl sites for hydroxylation is 1. The third kappa shape index (κ3) is 1.55. The highest BCUT2D eigenvalue weighted by molar-refractivity contribution is 5.91. The standard InChI is InChI=1S/C13H17N3O/c1-8-7-10-11(15-13(17)14-10)12(9(8)2)16-5-3-4-6-16/h7H,3-6H2,1-2H3,(H2,14,15,17). The van der Waals surface area contributed by atoms with E-state index in [0.29, 0.717) is 0 Å². The van der Waals surface area contributed by atoms with Crippen LogP contribution < -0.4 is 10.6 Å². The van der Waals surface area contributed by atoms with Crippen molar-refractivity contribution in [1.29, 1.82) is 0 Å². The highest BCUT2D eigenvalue weighted by Crippen LogP contribution is 2.32. The summed E-state index contributed by atoms with van der Waals surface area (Å²) in [5.41, 5.74) is 5.46. The van der Waals surface area contributed by atoms with Crippen molar-refractivity contribution in [2.45, 2.75) is 26.7 Å². The first-order valence-electron chi connectivity index (χ1n) is 6.14. The van der Waals surface area contributed by atoms with Crippen LogP contribution >= 0.6 is 0 Å². The van der Waals surface area contributed by atoms with E-state index in [2.05, 4.69) is 28.7 Å².